The van der Waals surface area contributed by atoms with Crippen molar-refractivity contribution < 1.29 is 19.7 Å². The second-order valence-electron chi connectivity index (χ2n) is 14.3. The number of carbonyl (C=O) groups excluding carboxylic acids is 1. The zero-order valence-electron chi connectivity index (χ0n) is 21.6. The van der Waals surface area contributed by atoms with E-state index < -0.39 is 12.2 Å². The Morgan fingerprint density at radius 3 is 2.52 bits per heavy atom. The maximum Gasteiger partial charge on any atom is 0.137 e. The predicted octanol–water partition coefficient (Wildman–Crippen LogP) is 4.85. The number of carbonyl (C=O) groups is 1. The molecule has 1 heterocycles. The van der Waals surface area contributed by atoms with Gasteiger partial charge in [-0.2, -0.15) is 0 Å². The van der Waals surface area contributed by atoms with Gasteiger partial charge in [0.2, 0.25) is 0 Å². The molecule has 0 amide bonds. The summed E-state index contributed by atoms with van der Waals surface area (Å²) in [7, 11) is 0. The van der Waals surface area contributed by atoms with Crippen LogP contribution in [-0.4, -0.2) is 39.9 Å². The Morgan fingerprint density at radius 2 is 1.85 bits per heavy atom. The van der Waals surface area contributed by atoms with Gasteiger partial charge in [-0.3, -0.25) is 4.79 Å². The Kier molecular flexibility index (Phi) is 4.92. The lowest BCUT2D eigenvalue weighted by atomic mass is 9.43. The summed E-state index contributed by atoms with van der Waals surface area (Å²) in [5.74, 6) is 5.65. The van der Waals surface area contributed by atoms with E-state index >= 15 is 0 Å². The number of hydrogen-bond donors (Lipinski definition) is 2. The van der Waals surface area contributed by atoms with Crippen molar-refractivity contribution in [2.75, 3.05) is 0 Å². The fourth-order valence-corrected chi connectivity index (χ4v) is 11.1. The number of rotatable bonds is 4. The third-order valence-electron chi connectivity index (χ3n) is 12.7. The van der Waals surface area contributed by atoms with Gasteiger partial charge in [0.15, 0.2) is 0 Å². The van der Waals surface area contributed by atoms with E-state index in [9.17, 15) is 15.0 Å². The summed E-state index contributed by atoms with van der Waals surface area (Å²) in [4.78, 5) is 13.6. The largest absolute Gasteiger partial charge is 0.393 e. The maximum absolute atomic E-state index is 13.6. The molecular weight excluding hydrogens is 412 g/mol. The quantitative estimate of drug-likeness (QED) is 0.591. The molecule has 0 aromatic rings. The van der Waals surface area contributed by atoms with Gasteiger partial charge < -0.3 is 14.9 Å². The summed E-state index contributed by atoms with van der Waals surface area (Å²) in [6, 6.07) is 0. The molecule has 186 valence electrons. The van der Waals surface area contributed by atoms with Gasteiger partial charge in [-0.25, -0.2) is 0 Å². The SMILES string of the molecule is CC(C)C1C(C)C1CC(C)C1C(=O)CC2C3CC4OC45CC(O)CC(O)C5(C)C3CCC21C. The van der Waals surface area contributed by atoms with E-state index in [1.807, 2.05) is 0 Å². The van der Waals surface area contributed by atoms with E-state index in [1.54, 1.807) is 0 Å². The fourth-order valence-electron chi connectivity index (χ4n) is 11.1. The van der Waals surface area contributed by atoms with Crippen molar-refractivity contribution in [2.24, 2.45) is 64.1 Å². The van der Waals surface area contributed by atoms with Crippen molar-refractivity contribution in [1.82, 2.24) is 0 Å². The first-order valence-electron chi connectivity index (χ1n) is 14.0. The molecule has 0 aromatic carbocycles. The minimum atomic E-state index is -0.514. The minimum Gasteiger partial charge on any atom is -0.393 e. The van der Waals surface area contributed by atoms with Gasteiger partial charge in [0.05, 0.1) is 18.3 Å². The van der Waals surface area contributed by atoms with E-state index in [4.69, 9.17) is 4.74 Å². The van der Waals surface area contributed by atoms with Crippen LogP contribution in [0.3, 0.4) is 0 Å². The monoisotopic (exact) mass is 458 g/mol. The summed E-state index contributed by atoms with van der Waals surface area (Å²) >= 11 is 0. The van der Waals surface area contributed by atoms with E-state index in [1.165, 1.54) is 6.42 Å². The molecule has 33 heavy (non-hydrogen) atoms. The second-order valence-corrected chi connectivity index (χ2v) is 14.3. The lowest BCUT2D eigenvalue weighted by Gasteiger charge is -2.60. The van der Waals surface area contributed by atoms with Crippen LogP contribution >= 0.6 is 0 Å². The summed E-state index contributed by atoms with van der Waals surface area (Å²) < 4.78 is 6.39. The summed E-state index contributed by atoms with van der Waals surface area (Å²) in [5.41, 5.74) is -0.530. The Hall–Kier alpha value is -0.450. The number of fused-ring (bicyclic) bond motifs is 4. The lowest BCUT2D eigenvalue weighted by molar-refractivity contribution is -0.173. The molecule has 6 rings (SSSR count). The molecule has 4 heteroatoms. The number of aliphatic hydroxyl groups is 2. The first-order chi connectivity index (χ1) is 15.5. The second kappa shape index (κ2) is 7.07. The van der Waals surface area contributed by atoms with E-state index in [0.717, 1.165) is 49.4 Å². The Morgan fingerprint density at radius 1 is 1.12 bits per heavy atom. The first kappa shape index (κ1) is 23.0. The summed E-state index contributed by atoms with van der Waals surface area (Å²) in [6.07, 6.45) is 5.46. The number of ether oxygens (including phenoxy) is 1. The Balaban J connectivity index is 1.25. The third kappa shape index (κ3) is 2.84. The average Bonchev–Trinajstić information content (AvgIpc) is 3.55. The van der Waals surface area contributed by atoms with Gasteiger partial charge in [-0.15, -0.1) is 0 Å². The molecule has 2 N–H and O–H groups in total. The normalized spacial score (nSPS) is 60.0. The number of hydrogen-bond acceptors (Lipinski definition) is 4. The average molecular weight is 459 g/mol. The van der Waals surface area contributed by atoms with Gasteiger partial charge in [0, 0.05) is 24.2 Å². The number of Topliss-reactive ketones (excluding diaryl/α,β-unsaturated/α-hetero) is 1. The van der Waals surface area contributed by atoms with Gasteiger partial charge in [0.25, 0.3) is 0 Å². The molecule has 5 aliphatic carbocycles. The molecule has 0 aromatic heterocycles. The van der Waals surface area contributed by atoms with Crippen LogP contribution in [0.5, 0.6) is 0 Å². The van der Waals surface area contributed by atoms with Crippen molar-refractivity contribution >= 4 is 5.78 Å². The zero-order chi connectivity index (χ0) is 23.7. The van der Waals surface area contributed by atoms with E-state index in [2.05, 4.69) is 41.5 Å². The van der Waals surface area contributed by atoms with Gasteiger partial charge in [0.1, 0.15) is 11.4 Å². The Labute approximate surface area is 200 Å². The van der Waals surface area contributed by atoms with Crippen LogP contribution in [0.1, 0.15) is 86.5 Å². The van der Waals surface area contributed by atoms with Gasteiger partial charge in [-0.05, 0) is 84.9 Å². The van der Waals surface area contributed by atoms with Crippen molar-refractivity contribution in [3.8, 4) is 0 Å². The predicted molar refractivity (Wildman–Crippen MR) is 127 cm³/mol. The van der Waals surface area contributed by atoms with Gasteiger partial charge >= 0.3 is 0 Å². The van der Waals surface area contributed by atoms with Crippen LogP contribution < -0.4 is 0 Å². The van der Waals surface area contributed by atoms with Crippen LogP contribution in [0.2, 0.25) is 0 Å². The highest BCUT2D eigenvalue weighted by molar-refractivity contribution is 5.85. The van der Waals surface area contributed by atoms with E-state index in [-0.39, 0.29) is 28.5 Å². The van der Waals surface area contributed by atoms with Crippen molar-refractivity contribution in [1.29, 1.82) is 0 Å². The number of aliphatic hydroxyl groups excluding tert-OH is 2. The molecular formula is C29H46O4. The van der Waals surface area contributed by atoms with Crippen molar-refractivity contribution in [3.05, 3.63) is 0 Å². The molecule has 0 bridgehead atoms. The molecule has 6 aliphatic rings. The molecule has 0 radical (unpaired) electrons. The number of epoxide rings is 1. The first-order valence-corrected chi connectivity index (χ1v) is 14.0. The highest BCUT2D eigenvalue weighted by Gasteiger charge is 2.78. The molecule has 14 atom stereocenters. The smallest absolute Gasteiger partial charge is 0.137 e. The fraction of sp³-hybridized carbons (Fsp3) is 0.966. The topological polar surface area (TPSA) is 70.1 Å². The molecule has 4 nitrogen and oxygen atoms in total. The van der Waals surface area contributed by atoms with Crippen LogP contribution in [0.15, 0.2) is 0 Å². The standard InChI is InChI=1S/C29H46O4/c1-14(2)25-16(4)18(25)9-15(3)26-22(31)12-21-19-11-24-29(33-24)13-17(30)10-23(32)28(29,6)20(19)7-8-27(21,26)5/h14-21,23-26,30,32H,7-13H2,1-6H3. The lowest BCUT2D eigenvalue weighted by Crippen LogP contribution is -2.64. The highest BCUT2D eigenvalue weighted by Crippen LogP contribution is 2.74. The van der Waals surface area contributed by atoms with Crippen LogP contribution in [0.25, 0.3) is 0 Å². The molecule has 1 aliphatic heterocycles. The molecule has 5 saturated carbocycles. The van der Waals surface area contributed by atoms with Crippen molar-refractivity contribution in [3.63, 3.8) is 0 Å². The molecule has 6 fully saturated rings. The summed E-state index contributed by atoms with van der Waals surface area (Å²) in [5, 5.41) is 21.7. The van der Waals surface area contributed by atoms with Crippen LogP contribution in [0.4, 0.5) is 0 Å². The van der Waals surface area contributed by atoms with Crippen LogP contribution in [0, 0.1) is 64.1 Å². The Bertz CT molecular complexity index is 839. The zero-order valence-corrected chi connectivity index (χ0v) is 21.6. The van der Waals surface area contributed by atoms with Crippen LogP contribution in [-0.2, 0) is 9.53 Å². The maximum atomic E-state index is 13.6. The molecule has 1 spiro atoms. The highest BCUT2D eigenvalue weighted by atomic mass is 16.6. The summed E-state index contributed by atoms with van der Waals surface area (Å²) in [6.45, 7) is 14.2. The van der Waals surface area contributed by atoms with E-state index in [0.29, 0.717) is 42.3 Å². The number of ketones is 1. The molecule has 1 saturated heterocycles. The van der Waals surface area contributed by atoms with Gasteiger partial charge in [-0.1, -0.05) is 41.5 Å². The third-order valence-corrected chi connectivity index (χ3v) is 12.7. The minimum absolute atomic E-state index is 0.0908. The molecule has 14 unspecified atom stereocenters. The van der Waals surface area contributed by atoms with Crippen molar-refractivity contribution in [2.45, 2.75) is 110 Å².